The molecule has 1 atom stereocenters. The summed E-state index contributed by atoms with van der Waals surface area (Å²) in [5.74, 6) is -1.23. The number of hydrogen-bond donors (Lipinski definition) is 1. The van der Waals surface area contributed by atoms with E-state index in [1.807, 2.05) is 13.8 Å². The van der Waals surface area contributed by atoms with Crippen LogP contribution in [0.25, 0.3) is 0 Å². The van der Waals surface area contributed by atoms with Gasteiger partial charge in [0.25, 0.3) is 0 Å². The van der Waals surface area contributed by atoms with Gasteiger partial charge >= 0.3 is 5.97 Å². The number of piperidine rings is 1. The SMILES string of the molecule is CCOC(=O)C1CCN(C(=O)C[C@H](NS(=O)(=O)c2ccc(F)cc2)C(C)C)CC1. The van der Waals surface area contributed by atoms with Gasteiger partial charge in [0.15, 0.2) is 0 Å². The minimum absolute atomic E-state index is 0.0160. The minimum Gasteiger partial charge on any atom is -0.466 e. The van der Waals surface area contributed by atoms with Crippen LogP contribution in [0.1, 0.15) is 40.0 Å². The lowest BCUT2D eigenvalue weighted by Gasteiger charge is -2.32. The van der Waals surface area contributed by atoms with Gasteiger partial charge in [0, 0.05) is 25.6 Å². The number of carbonyl (C=O) groups is 2. The van der Waals surface area contributed by atoms with Crippen molar-refractivity contribution < 1.29 is 27.1 Å². The molecule has 0 aliphatic carbocycles. The molecular weight excluding hydrogens is 399 g/mol. The Kier molecular flexibility index (Phi) is 8.15. The van der Waals surface area contributed by atoms with E-state index in [4.69, 9.17) is 4.74 Å². The van der Waals surface area contributed by atoms with Gasteiger partial charge in [-0.3, -0.25) is 9.59 Å². The van der Waals surface area contributed by atoms with E-state index < -0.39 is 21.9 Å². The Morgan fingerprint density at radius 2 is 1.79 bits per heavy atom. The first-order valence-corrected chi connectivity index (χ1v) is 11.3. The van der Waals surface area contributed by atoms with Crippen LogP contribution in [0.15, 0.2) is 29.2 Å². The highest BCUT2D eigenvalue weighted by Gasteiger charge is 2.31. The van der Waals surface area contributed by atoms with E-state index in [9.17, 15) is 22.4 Å². The zero-order chi connectivity index (χ0) is 21.6. The first-order chi connectivity index (χ1) is 13.6. The summed E-state index contributed by atoms with van der Waals surface area (Å²) in [5, 5.41) is 0. The van der Waals surface area contributed by atoms with Gasteiger partial charge in [0.2, 0.25) is 15.9 Å². The Morgan fingerprint density at radius 3 is 2.31 bits per heavy atom. The molecule has 1 N–H and O–H groups in total. The highest BCUT2D eigenvalue weighted by Crippen LogP contribution is 2.21. The molecule has 0 spiro atoms. The van der Waals surface area contributed by atoms with Crippen molar-refractivity contribution in [2.24, 2.45) is 11.8 Å². The predicted octanol–water partition coefficient (Wildman–Crippen LogP) is 2.32. The van der Waals surface area contributed by atoms with E-state index in [1.54, 1.807) is 11.8 Å². The molecule has 1 aliphatic rings. The number of carbonyl (C=O) groups excluding carboxylic acids is 2. The Hall–Kier alpha value is -2.00. The maximum absolute atomic E-state index is 13.1. The Labute approximate surface area is 171 Å². The van der Waals surface area contributed by atoms with Crippen LogP contribution >= 0.6 is 0 Å². The largest absolute Gasteiger partial charge is 0.466 e. The molecule has 1 aromatic rings. The van der Waals surface area contributed by atoms with Crippen LogP contribution in [0.5, 0.6) is 0 Å². The van der Waals surface area contributed by atoms with Gasteiger partial charge in [-0.15, -0.1) is 0 Å². The number of ether oxygens (including phenoxy) is 1. The van der Waals surface area contributed by atoms with Gasteiger partial charge < -0.3 is 9.64 Å². The summed E-state index contributed by atoms with van der Waals surface area (Å²) in [6, 6.07) is 3.95. The molecule has 2 rings (SSSR count). The monoisotopic (exact) mass is 428 g/mol. The van der Waals surface area contributed by atoms with Crippen LogP contribution in [0.4, 0.5) is 4.39 Å². The fraction of sp³-hybridized carbons (Fsp3) is 0.600. The second-order valence-electron chi connectivity index (χ2n) is 7.54. The number of hydrogen-bond acceptors (Lipinski definition) is 5. The predicted molar refractivity (Wildman–Crippen MR) is 106 cm³/mol. The van der Waals surface area contributed by atoms with Crippen molar-refractivity contribution in [2.45, 2.75) is 51.0 Å². The average molecular weight is 429 g/mol. The molecule has 29 heavy (non-hydrogen) atoms. The quantitative estimate of drug-likeness (QED) is 0.642. The Morgan fingerprint density at radius 1 is 1.21 bits per heavy atom. The number of esters is 1. The molecule has 0 unspecified atom stereocenters. The highest BCUT2D eigenvalue weighted by atomic mass is 32.2. The second-order valence-corrected chi connectivity index (χ2v) is 9.25. The third-order valence-corrected chi connectivity index (χ3v) is 6.60. The van der Waals surface area contributed by atoms with E-state index in [2.05, 4.69) is 4.72 Å². The van der Waals surface area contributed by atoms with Gasteiger partial charge in [-0.1, -0.05) is 13.8 Å². The van der Waals surface area contributed by atoms with Crippen LogP contribution in [0, 0.1) is 17.7 Å². The zero-order valence-corrected chi connectivity index (χ0v) is 17.9. The number of benzene rings is 1. The molecule has 162 valence electrons. The summed E-state index contributed by atoms with van der Waals surface area (Å²) in [5.41, 5.74) is 0. The molecule has 1 fully saturated rings. The summed E-state index contributed by atoms with van der Waals surface area (Å²) >= 11 is 0. The molecule has 0 bridgehead atoms. The standard InChI is InChI=1S/C20H29FN2O5S/c1-4-28-20(25)15-9-11-23(12-10-15)19(24)13-18(14(2)3)22-29(26,27)17-7-5-16(21)6-8-17/h5-8,14-15,18,22H,4,9-13H2,1-3H3/t18-/m0/s1. The lowest BCUT2D eigenvalue weighted by Crippen LogP contribution is -2.46. The maximum Gasteiger partial charge on any atom is 0.309 e. The van der Waals surface area contributed by atoms with Crippen molar-refractivity contribution in [1.29, 1.82) is 0 Å². The summed E-state index contributed by atoms with van der Waals surface area (Å²) in [4.78, 5) is 26.2. The van der Waals surface area contributed by atoms with Crippen molar-refractivity contribution in [3.05, 3.63) is 30.1 Å². The van der Waals surface area contributed by atoms with Crippen LogP contribution < -0.4 is 4.72 Å². The van der Waals surface area contributed by atoms with E-state index in [0.717, 1.165) is 12.1 Å². The van der Waals surface area contributed by atoms with Crippen molar-refractivity contribution in [2.75, 3.05) is 19.7 Å². The average Bonchev–Trinajstić information content (AvgIpc) is 2.67. The zero-order valence-electron chi connectivity index (χ0n) is 17.1. The number of amides is 1. The van der Waals surface area contributed by atoms with Gasteiger partial charge in [-0.2, -0.15) is 0 Å². The topological polar surface area (TPSA) is 92.8 Å². The molecule has 1 aliphatic heterocycles. The Balaban J connectivity index is 1.97. The smallest absolute Gasteiger partial charge is 0.309 e. The number of sulfonamides is 1. The fourth-order valence-electron chi connectivity index (χ4n) is 3.24. The summed E-state index contributed by atoms with van der Waals surface area (Å²) in [6.45, 7) is 6.64. The van der Waals surface area contributed by atoms with Crippen molar-refractivity contribution in [3.8, 4) is 0 Å². The fourth-order valence-corrected chi connectivity index (χ4v) is 4.62. The van der Waals surface area contributed by atoms with Gasteiger partial charge in [-0.25, -0.2) is 17.5 Å². The van der Waals surface area contributed by atoms with Gasteiger partial charge in [0.1, 0.15) is 5.82 Å². The normalized spacial score (nSPS) is 16.7. The molecule has 0 radical (unpaired) electrons. The minimum atomic E-state index is -3.87. The van der Waals surface area contributed by atoms with Crippen LogP contribution in [0.3, 0.4) is 0 Å². The lowest BCUT2D eigenvalue weighted by atomic mass is 9.95. The third-order valence-electron chi connectivity index (χ3n) is 5.10. The number of likely N-dealkylation sites (tertiary alicyclic amines) is 1. The van der Waals surface area contributed by atoms with Crippen LogP contribution in [0.2, 0.25) is 0 Å². The van der Waals surface area contributed by atoms with Gasteiger partial charge in [0.05, 0.1) is 17.4 Å². The molecule has 0 saturated carbocycles. The lowest BCUT2D eigenvalue weighted by molar-refractivity contribution is -0.151. The first-order valence-electron chi connectivity index (χ1n) is 9.86. The van der Waals surface area contributed by atoms with E-state index in [1.165, 1.54) is 12.1 Å². The number of nitrogens with one attached hydrogen (secondary N) is 1. The molecular formula is C20H29FN2O5S. The first kappa shape index (κ1) is 23.3. The maximum atomic E-state index is 13.1. The molecule has 0 aromatic heterocycles. The van der Waals surface area contributed by atoms with Gasteiger partial charge in [-0.05, 0) is 49.9 Å². The van der Waals surface area contributed by atoms with E-state index >= 15 is 0 Å². The number of rotatable bonds is 8. The van der Waals surface area contributed by atoms with Crippen LogP contribution in [-0.2, 0) is 24.3 Å². The molecule has 1 heterocycles. The number of nitrogens with zero attached hydrogens (tertiary/aromatic N) is 1. The number of halogens is 1. The van der Waals surface area contributed by atoms with Crippen molar-refractivity contribution in [1.82, 2.24) is 9.62 Å². The molecule has 9 heteroatoms. The molecule has 1 aromatic carbocycles. The van der Waals surface area contributed by atoms with E-state index in [-0.39, 0.29) is 35.0 Å². The summed E-state index contributed by atoms with van der Waals surface area (Å²) in [6.07, 6.45) is 1.10. The molecule has 1 amide bonds. The second kappa shape index (κ2) is 10.2. The summed E-state index contributed by atoms with van der Waals surface area (Å²) in [7, 11) is -3.87. The van der Waals surface area contributed by atoms with Crippen molar-refractivity contribution >= 4 is 21.9 Å². The molecule has 1 saturated heterocycles. The third kappa shape index (κ3) is 6.50. The van der Waals surface area contributed by atoms with Crippen LogP contribution in [-0.4, -0.2) is 50.9 Å². The molecule has 7 nitrogen and oxygen atoms in total. The van der Waals surface area contributed by atoms with Crippen molar-refractivity contribution in [3.63, 3.8) is 0 Å². The van der Waals surface area contributed by atoms with E-state index in [0.29, 0.717) is 32.5 Å². The summed E-state index contributed by atoms with van der Waals surface area (Å²) < 4.78 is 45.8. The Bertz CT molecular complexity index is 803. The highest BCUT2D eigenvalue weighted by molar-refractivity contribution is 7.89.